The highest BCUT2D eigenvalue weighted by Gasteiger charge is 2.32. The zero-order chi connectivity index (χ0) is 37.3. The van der Waals surface area contributed by atoms with Crippen molar-refractivity contribution in [3.63, 3.8) is 0 Å². The molecule has 14 heteroatoms. The highest BCUT2D eigenvalue weighted by atomic mass is 32.2. The van der Waals surface area contributed by atoms with E-state index in [1.807, 2.05) is 60.7 Å². The van der Waals surface area contributed by atoms with E-state index in [2.05, 4.69) is 20.7 Å². The summed E-state index contributed by atoms with van der Waals surface area (Å²) < 4.78 is 66.1. The van der Waals surface area contributed by atoms with Crippen molar-refractivity contribution in [1.82, 2.24) is 15.5 Å². The molecule has 1 aliphatic rings. The van der Waals surface area contributed by atoms with E-state index in [-0.39, 0.29) is 54.0 Å². The van der Waals surface area contributed by atoms with Gasteiger partial charge in [0.15, 0.2) is 9.84 Å². The minimum atomic E-state index is -4.83. The number of carbonyl (C=O) groups is 2. The average molecular weight is 739 g/mol. The van der Waals surface area contributed by atoms with E-state index in [9.17, 15) is 36.3 Å². The number of likely N-dealkylation sites (tertiary alicyclic amines) is 1. The average Bonchev–Trinajstić information content (AvgIpc) is 3.60. The lowest BCUT2D eigenvalue weighted by Gasteiger charge is -2.26. The molecule has 0 bridgehead atoms. The molecule has 0 radical (unpaired) electrons. The van der Waals surface area contributed by atoms with Crippen molar-refractivity contribution in [2.24, 2.45) is 0 Å². The first-order chi connectivity index (χ1) is 24.7. The molecule has 0 aliphatic carbocycles. The summed E-state index contributed by atoms with van der Waals surface area (Å²) in [5, 5.41) is 20.0. The third-order valence-electron chi connectivity index (χ3n) is 8.57. The summed E-state index contributed by atoms with van der Waals surface area (Å²) in [6, 6.07) is 27.7. The maximum Gasteiger partial charge on any atom is 0.573 e. The Morgan fingerprint density at radius 3 is 2.29 bits per heavy atom. The van der Waals surface area contributed by atoms with Gasteiger partial charge in [-0.3, -0.25) is 9.59 Å². The fourth-order valence-corrected chi connectivity index (χ4v) is 6.59. The number of carbonyl (C=O) groups excluding carboxylic acids is 2. The molecule has 4 aromatic carbocycles. The Morgan fingerprint density at radius 2 is 1.60 bits per heavy atom. The van der Waals surface area contributed by atoms with Gasteiger partial charge in [-0.2, -0.15) is 0 Å². The predicted octanol–water partition coefficient (Wildman–Crippen LogP) is 5.47. The number of hydrogen-bond acceptors (Lipinski definition) is 8. The van der Waals surface area contributed by atoms with E-state index in [0.29, 0.717) is 12.1 Å². The topological polar surface area (TPSA) is 137 Å². The van der Waals surface area contributed by atoms with Crippen LogP contribution in [0, 0.1) is 0 Å². The predicted molar refractivity (Wildman–Crippen MR) is 191 cm³/mol. The van der Waals surface area contributed by atoms with Crippen LogP contribution in [0.15, 0.2) is 103 Å². The normalized spacial score (nSPS) is 15.9. The number of anilines is 1. The summed E-state index contributed by atoms with van der Waals surface area (Å²) in [7, 11) is -3.46. The highest BCUT2D eigenvalue weighted by molar-refractivity contribution is 7.90. The molecule has 5 rings (SSSR count). The number of amides is 2. The number of rotatable bonds is 15. The molecule has 4 aromatic rings. The van der Waals surface area contributed by atoms with Crippen LogP contribution >= 0.6 is 0 Å². The van der Waals surface area contributed by atoms with E-state index in [4.69, 9.17) is 0 Å². The number of alkyl halides is 3. The van der Waals surface area contributed by atoms with Crippen molar-refractivity contribution in [2.45, 2.75) is 50.4 Å². The van der Waals surface area contributed by atoms with Gasteiger partial charge in [0.1, 0.15) is 11.6 Å². The van der Waals surface area contributed by atoms with Gasteiger partial charge in [-0.05, 0) is 66.3 Å². The van der Waals surface area contributed by atoms with Crippen LogP contribution in [0.25, 0.3) is 0 Å². The number of sulfone groups is 1. The summed E-state index contributed by atoms with van der Waals surface area (Å²) in [4.78, 5) is 29.7. The third kappa shape index (κ3) is 11.3. The molecular formula is C38H41F3N4O6S. The molecule has 0 aromatic heterocycles. The highest BCUT2D eigenvalue weighted by Crippen LogP contribution is 2.33. The molecule has 276 valence electrons. The Morgan fingerprint density at radius 1 is 0.923 bits per heavy atom. The SMILES string of the molecule is CS(=O)(=O)CNc1cc(C(=O)N[C@H](Cc2ccccc2)[C@H](O)CNCc2cccc(OC(F)(F)F)c2)cc(C(=O)N2CCCC2c2ccccc2)c1. The van der Waals surface area contributed by atoms with Crippen LogP contribution in [0.3, 0.4) is 0 Å². The number of aliphatic hydroxyl groups is 1. The summed E-state index contributed by atoms with van der Waals surface area (Å²) >= 11 is 0. The fraction of sp³-hybridized carbons (Fsp3) is 0.316. The second kappa shape index (κ2) is 17.1. The zero-order valence-electron chi connectivity index (χ0n) is 28.5. The van der Waals surface area contributed by atoms with Gasteiger partial charge in [0, 0.05) is 42.7 Å². The van der Waals surface area contributed by atoms with E-state index in [0.717, 1.165) is 30.2 Å². The molecule has 52 heavy (non-hydrogen) atoms. The number of nitrogens with zero attached hydrogens (tertiary/aromatic N) is 1. The number of hydrogen-bond donors (Lipinski definition) is 4. The van der Waals surface area contributed by atoms with Crippen molar-refractivity contribution >= 4 is 27.3 Å². The van der Waals surface area contributed by atoms with Crippen LogP contribution in [0.4, 0.5) is 18.9 Å². The Bertz CT molecular complexity index is 1930. The minimum Gasteiger partial charge on any atom is -0.406 e. The van der Waals surface area contributed by atoms with Crippen molar-refractivity contribution in [3.05, 3.63) is 131 Å². The van der Waals surface area contributed by atoms with E-state index in [1.54, 1.807) is 11.0 Å². The number of aliphatic hydroxyl groups excluding tert-OH is 1. The van der Waals surface area contributed by atoms with Crippen molar-refractivity contribution in [1.29, 1.82) is 0 Å². The van der Waals surface area contributed by atoms with Gasteiger partial charge in [0.25, 0.3) is 11.8 Å². The van der Waals surface area contributed by atoms with Crippen LogP contribution in [0.2, 0.25) is 0 Å². The second-order valence-electron chi connectivity index (χ2n) is 12.8. The van der Waals surface area contributed by atoms with Crippen molar-refractivity contribution in [2.75, 3.05) is 30.5 Å². The molecule has 0 spiro atoms. The lowest BCUT2D eigenvalue weighted by molar-refractivity contribution is -0.274. The van der Waals surface area contributed by atoms with E-state index >= 15 is 0 Å². The third-order valence-corrected chi connectivity index (χ3v) is 9.24. The number of nitrogens with one attached hydrogen (secondary N) is 3. The van der Waals surface area contributed by atoms with Gasteiger partial charge < -0.3 is 30.7 Å². The molecule has 1 saturated heterocycles. The summed E-state index contributed by atoms with van der Waals surface area (Å²) in [5.41, 5.74) is 2.84. The first-order valence-corrected chi connectivity index (χ1v) is 18.8. The van der Waals surface area contributed by atoms with Crippen LogP contribution in [0.1, 0.15) is 56.3 Å². The largest absolute Gasteiger partial charge is 0.573 e. The van der Waals surface area contributed by atoms with Gasteiger partial charge in [-0.25, -0.2) is 8.42 Å². The number of halogens is 3. The maximum atomic E-state index is 14.0. The molecule has 1 fully saturated rings. The molecule has 1 heterocycles. The minimum absolute atomic E-state index is 0.0301. The van der Waals surface area contributed by atoms with Gasteiger partial charge in [-0.15, -0.1) is 13.2 Å². The van der Waals surface area contributed by atoms with Crippen LogP contribution in [-0.4, -0.2) is 74.0 Å². The Balaban J connectivity index is 1.36. The molecular weight excluding hydrogens is 698 g/mol. The molecule has 1 aliphatic heterocycles. The summed E-state index contributed by atoms with van der Waals surface area (Å²) in [6.07, 6.45) is -3.12. The van der Waals surface area contributed by atoms with E-state index < -0.39 is 40.1 Å². The number of benzene rings is 4. The monoisotopic (exact) mass is 738 g/mol. The summed E-state index contributed by atoms with van der Waals surface area (Å²) in [6.45, 7) is 0.592. The number of ether oxygens (including phenoxy) is 1. The smallest absolute Gasteiger partial charge is 0.406 e. The molecule has 10 nitrogen and oxygen atoms in total. The lowest BCUT2D eigenvalue weighted by Crippen LogP contribution is -2.48. The van der Waals surface area contributed by atoms with E-state index in [1.165, 1.54) is 36.4 Å². The molecule has 2 amide bonds. The first kappa shape index (κ1) is 38.3. The standard InChI is InChI=1S/C38H41F3N4O6S/c1-52(49,50)25-43-31-21-29(20-30(22-31)37(48)45-17-9-16-34(45)28-13-6-3-7-14-28)36(47)44-33(19-26-10-4-2-5-11-26)35(46)24-42-23-27-12-8-15-32(18-27)51-38(39,40)41/h2-8,10-15,18,20-22,33-35,42-43,46H,9,16-17,19,23-25H2,1H3,(H,44,47)/t33-,34?,35-/m1/s1. The molecule has 4 N–H and O–H groups in total. The molecule has 3 atom stereocenters. The Labute approximate surface area is 300 Å². The lowest BCUT2D eigenvalue weighted by atomic mass is 9.99. The van der Waals surface area contributed by atoms with Crippen molar-refractivity contribution in [3.8, 4) is 5.75 Å². The fourth-order valence-electron chi connectivity index (χ4n) is 6.16. The Kier molecular flexibility index (Phi) is 12.6. The van der Waals surface area contributed by atoms with Gasteiger partial charge in [-0.1, -0.05) is 72.8 Å². The second-order valence-corrected chi connectivity index (χ2v) is 14.9. The first-order valence-electron chi connectivity index (χ1n) is 16.7. The summed E-state index contributed by atoms with van der Waals surface area (Å²) in [5.74, 6) is -1.70. The Hall–Kier alpha value is -4.92. The molecule has 1 unspecified atom stereocenters. The maximum absolute atomic E-state index is 14.0. The van der Waals surface area contributed by atoms with Gasteiger partial charge in [0.2, 0.25) is 0 Å². The van der Waals surface area contributed by atoms with Crippen LogP contribution in [-0.2, 0) is 22.8 Å². The van der Waals surface area contributed by atoms with Gasteiger partial charge in [0.05, 0.1) is 18.2 Å². The molecule has 0 saturated carbocycles. The quantitative estimate of drug-likeness (QED) is 0.126. The van der Waals surface area contributed by atoms with Crippen molar-refractivity contribution < 1.29 is 41.0 Å². The van der Waals surface area contributed by atoms with Gasteiger partial charge >= 0.3 is 6.36 Å². The van der Waals surface area contributed by atoms with Crippen LogP contribution < -0.4 is 20.7 Å². The van der Waals surface area contributed by atoms with Crippen LogP contribution in [0.5, 0.6) is 5.75 Å². The zero-order valence-corrected chi connectivity index (χ0v) is 29.3.